The first-order valence-electron chi connectivity index (χ1n) is 9.05. The van der Waals surface area contributed by atoms with Gasteiger partial charge in [0.05, 0.1) is 16.0 Å². The van der Waals surface area contributed by atoms with Crippen LogP contribution in [0.2, 0.25) is 5.02 Å². The van der Waals surface area contributed by atoms with Crippen molar-refractivity contribution in [2.75, 3.05) is 4.90 Å². The number of thioether (sulfide) groups is 1. The molecular weight excluding hydrogens is 446 g/mol. The average Bonchev–Trinajstić information content (AvgIpc) is 2.63. The zero-order valence-electron chi connectivity index (χ0n) is 17.5. The number of allylic oxidation sites excluding steroid dienone is 1. The van der Waals surface area contributed by atoms with Gasteiger partial charge in [0.25, 0.3) is 5.91 Å². The molecule has 0 aliphatic heterocycles. The summed E-state index contributed by atoms with van der Waals surface area (Å²) in [6.45, 7) is 8.71. The maximum atomic E-state index is 14.4. The van der Waals surface area contributed by atoms with E-state index in [9.17, 15) is 31.9 Å². The Morgan fingerprint density at radius 2 is 1.70 bits per heavy atom. The lowest BCUT2D eigenvalue weighted by molar-refractivity contribution is -0.124. The Morgan fingerprint density at radius 3 is 2.10 bits per heavy atom. The first-order valence-corrected chi connectivity index (χ1v) is 10.3. The number of carbonyl (C=O) groups is 3. The Bertz CT molecular complexity index is 825. The van der Waals surface area contributed by atoms with Crippen LogP contribution in [0, 0.1) is 5.82 Å². The average molecular weight is 470 g/mol. The largest absolute Gasteiger partial charge is 0.412 e. The lowest BCUT2D eigenvalue weighted by Gasteiger charge is -2.21. The Labute approximate surface area is 182 Å². The van der Waals surface area contributed by atoms with Crippen molar-refractivity contribution in [3.63, 3.8) is 0 Å². The number of amides is 2. The van der Waals surface area contributed by atoms with E-state index in [1.165, 1.54) is 6.92 Å². The van der Waals surface area contributed by atoms with Gasteiger partial charge in [0, 0.05) is 23.5 Å². The number of imide groups is 1. The van der Waals surface area contributed by atoms with Crippen LogP contribution in [-0.4, -0.2) is 29.0 Å². The van der Waals surface area contributed by atoms with E-state index < -0.39 is 40.3 Å². The molecule has 1 aromatic rings. The minimum atomic E-state index is -4.77. The molecule has 1 aromatic carbocycles. The summed E-state index contributed by atoms with van der Waals surface area (Å²) >= 11 is 7.01. The highest BCUT2D eigenvalue weighted by molar-refractivity contribution is 8.00. The van der Waals surface area contributed by atoms with Crippen molar-refractivity contribution in [2.24, 2.45) is 0 Å². The highest BCUT2D eigenvalue weighted by Crippen LogP contribution is 2.37. The van der Waals surface area contributed by atoms with Gasteiger partial charge in [-0.15, -0.1) is 11.8 Å². The van der Waals surface area contributed by atoms with Gasteiger partial charge in [0.15, 0.2) is 0 Å². The fraction of sp³-hybridized carbons (Fsp3) is 0.450. The molecular formula is C20H24ClF4NO3S. The summed E-state index contributed by atoms with van der Waals surface area (Å²) in [4.78, 5) is 36.3. The summed E-state index contributed by atoms with van der Waals surface area (Å²) in [7, 11) is 0. The predicted octanol–water partition coefficient (Wildman–Crippen LogP) is 6.35. The topological polar surface area (TPSA) is 54.5 Å². The van der Waals surface area contributed by atoms with Crippen molar-refractivity contribution in [3.8, 4) is 0 Å². The normalized spacial score (nSPS) is 12.6. The molecule has 0 N–H and O–H groups in total. The summed E-state index contributed by atoms with van der Waals surface area (Å²) in [5.41, 5.74) is -1.79. The smallest absolute Gasteiger partial charge is 0.299 e. The van der Waals surface area contributed by atoms with Crippen molar-refractivity contribution in [1.29, 1.82) is 0 Å². The number of ketones is 1. The lowest BCUT2D eigenvalue weighted by atomic mass is 10.2. The van der Waals surface area contributed by atoms with Crippen molar-refractivity contribution < 1.29 is 31.9 Å². The number of alkyl halides is 3. The molecule has 1 unspecified atom stereocenters. The number of benzene rings is 1. The Kier molecular flexibility index (Phi) is 11.3. The van der Waals surface area contributed by atoms with E-state index in [1.807, 2.05) is 13.8 Å². The number of rotatable bonds is 6. The molecule has 30 heavy (non-hydrogen) atoms. The van der Waals surface area contributed by atoms with Crippen LogP contribution in [0.5, 0.6) is 0 Å². The summed E-state index contributed by atoms with van der Waals surface area (Å²) in [6.07, 6.45) is -4.11. The van der Waals surface area contributed by atoms with Gasteiger partial charge in [-0.1, -0.05) is 32.4 Å². The minimum Gasteiger partial charge on any atom is -0.299 e. The third-order valence-electron chi connectivity index (χ3n) is 3.66. The highest BCUT2D eigenvalue weighted by atomic mass is 35.5. The third-order valence-corrected chi connectivity index (χ3v) is 5.62. The molecule has 2 amide bonds. The van der Waals surface area contributed by atoms with E-state index in [2.05, 4.69) is 0 Å². The quantitative estimate of drug-likeness (QED) is 0.276. The Morgan fingerprint density at radius 1 is 1.17 bits per heavy atom. The zero-order valence-corrected chi connectivity index (χ0v) is 19.1. The molecule has 0 spiro atoms. The summed E-state index contributed by atoms with van der Waals surface area (Å²) in [5.74, 6) is -3.55. The zero-order chi connectivity index (χ0) is 23.8. The Balaban J connectivity index is 0.00000407. The van der Waals surface area contributed by atoms with Crippen LogP contribution in [-0.2, 0) is 14.4 Å². The van der Waals surface area contributed by atoms with Crippen LogP contribution in [0.3, 0.4) is 0 Å². The van der Waals surface area contributed by atoms with Crippen LogP contribution in [0.1, 0.15) is 48.0 Å². The van der Waals surface area contributed by atoms with Crippen LogP contribution in [0.15, 0.2) is 28.7 Å². The van der Waals surface area contributed by atoms with Gasteiger partial charge in [-0.3, -0.25) is 14.4 Å². The molecule has 0 saturated heterocycles. The number of halogens is 5. The molecule has 0 bridgehead atoms. The molecule has 0 aliphatic rings. The molecule has 1 atom stereocenters. The number of nitrogens with zero attached hydrogens (tertiary/aromatic N) is 1. The highest BCUT2D eigenvalue weighted by Gasteiger charge is 2.32. The van der Waals surface area contributed by atoms with Crippen molar-refractivity contribution in [1.82, 2.24) is 0 Å². The van der Waals surface area contributed by atoms with Gasteiger partial charge in [-0.2, -0.15) is 13.2 Å². The van der Waals surface area contributed by atoms with Crippen LogP contribution < -0.4 is 4.90 Å². The van der Waals surface area contributed by atoms with E-state index >= 15 is 0 Å². The summed E-state index contributed by atoms with van der Waals surface area (Å²) in [5, 5.41) is -0.548. The fourth-order valence-electron chi connectivity index (χ4n) is 2.16. The molecule has 4 nitrogen and oxygen atoms in total. The number of hydrogen-bond acceptors (Lipinski definition) is 4. The van der Waals surface area contributed by atoms with Crippen LogP contribution in [0.4, 0.5) is 23.2 Å². The number of hydrogen-bond donors (Lipinski definition) is 0. The fourth-order valence-corrected chi connectivity index (χ4v) is 3.44. The molecule has 1 rings (SSSR count). The second kappa shape index (κ2) is 12.1. The van der Waals surface area contributed by atoms with Gasteiger partial charge in [0.2, 0.25) is 5.91 Å². The summed E-state index contributed by atoms with van der Waals surface area (Å²) < 4.78 is 52.4. The first-order chi connectivity index (χ1) is 13.8. The lowest BCUT2D eigenvalue weighted by Crippen LogP contribution is -2.35. The van der Waals surface area contributed by atoms with Gasteiger partial charge in [0.1, 0.15) is 11.6 Å². The van der Waals surface area contributed by atoms with Crippen LogP contribution in [0.25, 0.3) is 0 Å². The standard InChI is InChI=1S/C18H18ClF4NO3S.C2H6/c1-5-15(10(3)25)28-16-8-14(13(20)7-12(16)19)24(11(4)26)17(27)6-9(2)18(21,22)23;1-2/h6-8,15H,5H2,1-4H3;1-2H3/b9-6+;. The second-order valence-electron chi connectivity index (χ2n) is 5.88. The minimum absolute atomic E-state index is 0.0519. The van der Waals surface area contributed by atoms with E-state index in [1.54, 1.807) is 6.92 Å². The predicted molar refractivity (Wildman–Crippen MR) is 111 cm³/mol. The van der Waals surface area contributed by atoms with E-state index in [0.29, 0.717) is 18.2 Å². The monoisotopic (exact) mass is 469 g/mol. The van der Waals surface area contributed by atoms with E-state index in [0.717, 1.165) is 30.8 Å². The number of anilines is 1. The molecule has 0 fully saturated rings. The molecule has 0 radical (unpaired) electrons. The van der Waals surface area contributed by atoms with Crippen LogP contribution >= 0.6 is 23.4 Å². The molecule has 0 saturated carbocycles. The van der Waals surface area contributed by atoms with Gasteiger partial charge < -0.3 is 0 Å². The van der Waals surface area contributed by atoms with Crippen molar-refractivity contribution in [2.45, 2.75) is 64.3 Å². The van der Waals surface area contributed by atoms with Crippen molar-refractivity contribution >= 4 is 46.6 Å². The second-order valence-corrected chi connectivity index (χ2v) is 7.53. The Hall–Kier alpha value is -1.87. The molecule has 0 aromatic heterocycles. The molecule has 168 valence electrons. The van der Waals surface area contributed by atoms with Gasteiger partial charge >= 0.3 is 6.18 Å². The van der Waals surface area contributed by atoms with Gasteiger partial charge in [-0.25, -0.2) is 9.29 Å². The first kappa shape index (κ1) is 28.1. The maximum Gasteiger partial charge on any atom is 0.412 e. The SMILES string of the molecule is CC.CCC(Sc1cc(N(C(C)=O)C(=O)/C=C(\C)C(F)(F)F)c(F)cc1Cl)C(C)=O. The van der Waals surface area contributed by atoms with E-state index in [4.69, 9.17) is 11.6 Å². The maximum absolute atomic E-state index is 14.4. The molecule has 0 aliphatic carbocycles. The number of carbonyl (C=O) groups excluding carboxylic acids is 3. The van der Waals surface area contributed by atoms with Crippen molar-refractivity contribution in [3.05, 3.63) is 34.6 Å². The van der Waals surface area contributed by atoms with Gasteiger partial charge in [-0.05, 0) is 32.4 Å². The van der Waals surface area contributed by atoms with E-state index in [-0.39, 0.29) is 21.8 Å². The number of Topliss-reactive ketones (excluding diaryl/α,β-unsaturated/α-hetero) is 1. The summed E-state index contributed by atoms with van der Waals surface area (Å²) in [6, 6.07) is 1.92. The third kappa shape index (κ3) is 7.75. The molecule has 10 heteroatoms. The molecule has 0 heterocycles.